The van der Waals surface area contributed by atoms with Gasteiger partial charge in [-0.2, -0.15) is 0 Å². The van der Waals surface area contributed by atoms with Crippen LogP contribution in [0.5, 0.6) is 0 Å². The van der Waals surface area contributed by atoms with Crippen molar-refractivity contribution < 1.29 is 9.85 Å². The first-order valence-electron chi connectivity index (χ1n) is 3.81. The van der Waals surface area contributed by atoms with Gasteiger partial charge >= 0.3 is 11.4 Å². The van der Waals surface area contributed by atoms with Crippen LogP contribution < -0.4 is 0 Å². The topological polar surface area (TPSA) is 86.3 Å². The summed E-state index contributed by atoms with van der Waals surface area (Å²) in [6, 6.07) is 0. The fourth-order valence-electron chi connectivity index (χ4n) is 0.468. The highest BCUT2D eigenvalue weighted by atomic mass is 16.6. The quantitative estimate of drug-likeness (QED) is 0.395. The fraction of sp³-hybridized carbons (Fsp3) is 0.250. The highest BCUT2D eigenvalue weighted by molar-refractivity contribution is 5.19. The van der Waals surface area contributed by atoms with Crippen LogP contribution in [0.25, 0.3) is 0 Å². The summed E-state index contributed by atoms with van der Waals surface area (Å²) in [6.07, 6.45) is 2.01. The molecule has 14 heavy (non-hydrogen) atoms. The van der Waals surface area contributed by atoms with Crippen molar-refractivity contribution in [3.8, 4) is 0 Å². The zero-order valence-electron chi connectivity index (χ0n) is 8.10. The Labute approximate surface area is 81.5 Å². The van der Waals surface area contributed by atoms with Gasteiger partial charge in [-0.05, 0) is 6.58 Å². The van der Waals surface area contributed by atoms with Crippen LogP contribution in [0.1, 0.15) is 13.8 Å². The van der Waals surface area contributed by atoms with E-state index in [0.29, 0.717) is 0 Å². The van der Waals surface area contributed by atoms with Gasteiger partial charge in [0.15, 0.2) is 0 Å². The van der Waals surface area contributed by atoms with E-state index in [1.165, 1.54) is 0 Å². The van der Waals surface area contributed by atoms with Crippen molar-refractivity contribution in [2.75, 3.05) is 0 Å². The Balaban J connectivity index is 0. The lowest BCUT2D eigenvalue weighted by Gasteiger charge is -1.91. The molecule has 0 aliphatic rings. The fourth-order valence-corrected chi connectivity index (χ4v) is 0.468. The molecule has 0 spiro atoms. The lowest BCUT2D eigenvalue weighted by atomic mass is 10.3. The van der Waals surface area contributed by atoms with E-state index >= 15 is 0 Å². The van der Waals surface area contributed by atoms with Gasteiger partial charge in [0, 0.05) is 6.08 Å². The van der Waals surface area contributed by atoms with Gasteiger partial charge in [0.1, 0.15) is 0 Å². The van der Waals surface area contributed by atoms with E-state index < -0.39 is 21.2 Å². The minimum atomic E-state index is -0.919. The van der Waals surface area contributed by atoms with Crippen LogP contribution in [0.2, 0.25) is 0 Å². The Kier molecular flexibility index (Phi) is 7.95. The van der Waals surface area contributed by atoms with E-state index in [9.17, 15) is 20.2 Å². The average molecular weight is 200 g/mol. The molecule has 0 bridgehead atoms. The second-order valence-electron chi connectivity index (χ2n) is 1.75. The summed E-state index contributed by atoms with van der Waals surface area (Å²) in [5.74, 6) is 0. The lowest BCUT2D eigenvalue weighted by Crippen LogP contribution is -2.08. The molecule has 0 unspecified atom stereocenters. The summed E-state index contributed by atoms with van der Waals surface area (Å²) in [7, 11) is 0. The average Bonchev–Trinajstić information content (AvgIpc) is 2.15. The van der Waals surface area contributed by atoms with E-state index in [4.69, 9.17) is 0 Å². The van der Waals surface area contributed by atoms with E-state index in [0.717, 1.165) is 12.2 Å². The van der Waals surface area contributed by atoms with E-state index in [1.54, 1.807) is 0 Å². The molecule has 0 rings (SSSR count). The largest absolute Gasteiger partial charge is 0.345 e. The molecule has 0 N–H and O–H groups in total. The monoisotopic (exact) mass is 200 g/mol. The van der Waals surface area contributed by atoms with Gasteiger partial charge in [-0.15, -0.1) is 0 Å². The third kappa shape index (κ3) is 4.81. The minimum Gasteiger partial charge on any atom is -0.258 e. The van der Waals surface area contributed by atoms with E-state index in [-0.39, 0.29) is 0 Å². The maximum Gasteiger partial charge on any atom is 0.345 e. The summed E-state index contributed by atoms with van der Waals surface area (Å²) in [5.41, 5.74) is -1.41. The van der Waals surface area contributed by atoms with E-state index in [2.05, 4.69) is 13.2 Å². The molecule has 0 heterocycles. The molecular formula is C8H12N2O4. The Hall–Kier alpha value is -1.98. The Morgan fingerprint density at radius 3 is 1.86 bits per heavy atom. The minimum absolute atomic E-state index is 0.657. The SMILES string of the molecule is C=C/C=C(\C(=C)[N+](=O)[O-])[N+](=O)[O-].CC. The van der Waals surface area contributed by atoms with Crippen LogP contribution in [0.4, 0.5) is 0 Å². The first-order valence-corrected chi connectivity index (χ1v) is 3.81. The molecule has 6 heteroatoms. The summed E-state index contributed by atoms with van der Waals surface area (Å²) in [5, 5.41) is 20.2. The highest BCUT2D eigenvalue weighted by Crippen LogP contribution is 2.08. The second-order valence-corrected chi connectivity index (χ2v) is 1.75. The van der Waals surface area contributed by atoms with Crippen molar-refractivity contribution in [2.24, 2.45) is 0 Å². The molecule has 0 aromatic carbocycles. The van der Waals surface area contributed by atoms with Crippen LogP contribution in [0, 0.1) is 20.2 Å². The number of allylic oxidation sites excluding steroid dienone is 2. The van der Waals surface area contributed by atoms with Gasteiger partial charge in [0.05, 0.1) is 9.85 Å². The Bertz CT molecular complexity index is 281. The standard InChI is InChI=1S/C6H6N2O4.C2H6/c1-3-4-6(8(11)12)5(2)7(9)10;1-2/h3-4H,1-2H2;1-2H3/b6-4+;. The van der Waals surface area contributed by atoms with Gasteiger partial charge in [-0.1, -0.05) is 26.5 Å². The summed E-state index contributed by atoms with van der Waals surface area (Å²) in [6.45, 7) is 10.1. The molecule has 6 nitrogen and oxygen atoms in total. The van der Waals surface area contributed by atoms with Crippen LogP contribution in [0.3, 0.4) is 0 Å². The smallest absolute Gasteiger partial charge is 0.258 e. The van der Waals surface area contributed by atoms with Crippen molar-refractivity contribution in [1.82, 2.24) is 0 Å². The molecule has 0 amide bonds. The molecule has 78 valence electrons. The number of nitrogens with zero attached hydrogens (tertiary/aromatic N) is 2. The Morgan fingerprint density at radius 1 is 1.21 bits per heavy atom. The first-order chi connectivity index (χ1) is 6.50. The normalized spacial score (nSPS) is 9.43. The van der Waals surface area contributed by atoms with Crippen molar-refractivity contribution in [1.29, 1.82) is 0 Å². The number of hydrogen-bond acceptors (Lipinski definition) is 4. The van der Waals surface area contributed by atoms with Crippen molar-refractivity contribution in [2.45, 2.75) is 13.8 Å². The molecule has 0 atom stereocenters. The van der Waals surface area contributed by atoms with Gasteiger partial charge in [0.25, 0.3) is 0 Å². The van der Waals surface area contributed by atoms with Gasteiger partial charge in [-0.25, -0.2) is 0 Å². The molecule has 0 aliphatic heterocycles. The van der Waals surface area contributed by atoms with Crippen molar-refractivity contribution >= 4 is 0 Å². The maximum absolute atomic E-state index is 10.2. The molecular weight excluding hydrogens is 188 g/mol. The Morgan fingerprint density at radius 2 is 1.64 bits per heavy atom. The zero-order chi connectivity index (χ0) is 11.7. The third-order valence-corrected chi connectivity index (χ3v) is 0.988. The molecule has 0 saturated carbocycles. The molecule has 0 aromatic heterocycles. The number of hydrogen-bond donors (Lipinski definition) is 0. The summed E-state index contributed by atoms with van der Waals surface area (Å²) < 4.78 is 0. The van der Waals surface area contributed by atoms with E-state index in [1.807, 2.05) is 13.8 Å². The van der Waals surface area contributed by atoms with Gasteiger partial charge in [0.2, 0.25) is 0 Å². The second kappa shape index (κ2) is 7.66. The lowest BCUT2D eigenvalue weighted by molar-refractivity contribution is -0.479. The summed E-state index contributed by atoms with van der Waals surface area (Å²) in [4.78, 5) is 18.4. The molecule has 0 aromatic rings. The first kappa shape index (κ1) is 14.5. The molecule has 0 saturated heterocycles. The predicted molar refractivity (Wildman–Crippen MR) is 52.8 cm³/mol. The number of rotatable bonds is 4. The molecule has 0 aliphatic carbocycles. The van der Waals surface area contributed by atoms with Crippen molar-refractivity contribution in [3.05, 3.63) is 56.9 Å². The van der Waals surface area contributed by atoms with Crippen LogP contribution >= 0.6 is 0 Å². The number of nitro groups is 2. The third-order valence-electron chi connectivity index (χ3n) is 0.988. The summed E-state index contributed by atoms with van der Waals surface area (Å²) >= 11 is 0. The van der Waals surface area contributed by atoms with Gasteiger partial charge < -0.3 is 0 Å². The van der Waals surface area contributed by atoms with Crippen molar-refractivity contribution in [3.63, 3.8) is 0 Å². The van der Waals surface area contributed by atoms with Gasteiger partial charge in [-0.3, -0.25) is 20.2 Å². The highest BCUT2D eigenvalue weighted by Gasteiger charge is 2.24. The van der Waals surface area contributed by atoms with Crippen LogP contribution in [-0.4, -0.2) is 9.85 Å². The van der Waals surface area contributed by atoms with Crippen LogP contribution in [0.15, 0.2) is 36.7 Å². The predicted octanol–water partition coefficient (Wildman–Crippen LogP) is 2.15. The molecule has 0 fully saturated rings. The maximum atomic E-state index is 10.2. The zero-order valence-corrected chi connectivity index (χ0v) is 8.10. The molecule has 0 radical (unpaired) electrons. The van der Waals surface area contributed by atoms with Crippen LogP contribution in [-0.2, 0) is 0 Å².